The van der Waals surface area contributed by atoms with Crippen LogP contribution in [0, 0.1) is 19.1 Å². The molecule has 183 valence electrons. The van der Waals surface area contributed by atoms with Crippen LogP contribution < -0.4 is 0 Å². The van der Waals surface area contributed by atoms with E-state index in [9.17, 15) is 13.2 Å². The molecule has 0 aliphatic rings. The van der Waals surface area contributed by atoms with Crippen molar-refractivity contribution in [2.45, 2.75) is 13.1 Å². The summed E-state index contributed by atoms with van der Waals surface area (Å²) in [5.74, 6) is 0. The van der Waals surface area contributed by atoms with Crippen LogP contribution in [0.25, 0.3) is 33.8 Å². The number of aromatic nitrogens is 3. The zero-order valence-electron chi connectivity index (χ0n) is 19.1. The van der Waals surface area contributed by atoms with Crippen LogP contribution in [0.5, 0.6) is 0 Å². The molecule has 7 heteroatoms. The van der Waals surface area contributed by atoms with E-state index in [1.165, 1.54) is 6.07 Å². The molecule has 3 heterocycles. The van der Waals surface area contributed by atoms with Crippen molar-refractivity contribution in [1.82, 2.24) is 15.0 Å². The maximum absolute atomic E-state index is 12.8. The van der Waals surface area contributed by atoms with Crippen molar-refractivity contribution in [2.75, 3.05) is 0 Å². The Morgan fingerprint density at radius 2 is 1.36 bits per heavy atom. The molecule has 0 spiro atoms. The molecule has 0 saturated carbocycles. The van der Waals surface area contributed by atoms with Crippen molar-refractivity contribution in [3.63, 3.8) is 0 Å². The molecule has 0 bridgehead atoms. The SMILES string of the molecule is Cc1cc(-c2[c-]c(C(F)(F)F)ccc2)ncc1-c1ccccn1.[Ir].[c-]1ccccc1-c1ccccn1. The predicted molar refractivity (Wildman–Crippen MR) is 130 cm³/mol. The van der Waals surface area contributed by atoms with Crippen molar-refractivity contribution in [3.8, 4) is 33.8 Å². The largest absolute Gasteiger partial charge is 0.399 e. The van der Waals surface area contributed by atoms with E-state index in [1.54, 1.807) is 30.7 Å². The first-order chi connectivity index (χ1) is 16.9. The van der Waals surface area contributed by atoms with E-state index in [0.717, 1.165) is 34.1 Å². The van der Waals surface area contributed by atoms with Crippen LogP contribution in [0.4, 0.5) is 13.2 Å². The fourth-order valence-electron chi connectivity index (χ4n) is 3.35. The molecule has 0 unspecified atom stereocenters. The zero-order chi connectivity index (χ0) is 24.7. The fourth-order valence-corrected chi connectivity index (χ4v) is 3.35. The van der Waals surface area contributed by atoms with Gasteiger partial charge in [0.25, 0.3) is 0 Å². The number of aryl methyl sites for hydroxylation is 1. The molecule has 5 aromatic rings. The minimum absolute atomic E-state index is 0. The van der Waals surface area contributed by atoms with E-state index < -0.39 is 11.7 Å². The Hall–Kier alpha value is -3.67. The van der Waals surface area contributed by atoms with Gasteiger partial charge in [0.15, 0.2) is 0 Å². The van der Waals surface area contributed by atoms with Gasteiger partial charge in [0.1, 0.15) is 0 Å². The fraction of sp³-hybridized carbons (Fsp3) is 0.0690. The molecule has 5 rings (SSSR count). The van der Waals surface area contributed by atoms with Crippen LogP contribution in [0.2, 0.25) is 0 Å². The number of alkyl halides is 3. The molecule has 1 radical (unpaired) electrons. The normalized spacial score (nSPS) is 10.6. The van der Waals surface area contributed by atoms with Crippen molar-refractivity contribution in [3.05, 3.63) is 127 Å². The second kappa shape index (κ2) is 12.3. The summed E-state index contributed by atoms with van der Waals surface area (Å²) in [6, 6.07) is 30.4. The van der Waals surface area contributed by atoms with E-state index >= 15 is 0 Å². The van der Waals surface area contributed by atoms with Crippen LogP contribution in [-0.2, 0) is 26.3 Å². The van der Waals surface area contributed by atoms with Gasteiger partial charge in [0.2, 0.25) is 0 Å². The van der Waals surface area contributed by atoms with E-state index in [-0.39, 0.29) is 20.1 Å². The average Bonchev–Trinajstić information content (AvgIpc) is 2.90. The summed E-state index contributed by atoms with van der Waals surface area (Å²) in [6.45, 7) is 1.88. The van der Waals surface area contributed by atoms with Gasteiger partial charge in [-0.15, -0.1) is 65.7 Å². The summed E-state index contributed by atoms with van der Waals surface area (Å²) in [5.41, 5.74) is 4.49. The molecule has 0 atom stereocenters. The Balaban J connectivity index is 0.000000234. The summed E-state index contributed by atoms with van der Waals surface area (Å²) in [5, 5.41) is 0. The van der Waals surface area contributed by atoms with Crippen LogP contribution in [0.1, 0.15) is 11.1 Å². The molecule has 0 N–H and O–H groups in total. The molecule has 3 nitrogen and oxygen atoms in total. The number of halogens is 3. The molecular formula is C29H20F3IrN3-2. The van der Waals surface area contributed by atoms with E-state index in [2.05, 4.69) is 27.1 Å². The van der Waals surface area contributed by atoms with Gasteiger partial charge in [-0.1, -0.05) is 24.3 Å². The monoisotopic (exact) mass is 660 g/mol. The Morgan fingerprint density at radius 3 is 1.94 bits per heavy atom. The molecule has 2 aromatic carbocycles. The maximum Gasteiger partial charge on any atom is 0.399 e. The third-order valence-electron chi connectivity index (χ3n) is 5.08. The third-order valence-corrected chi connectivity index (χ3v) is 5.08. The van der Waals surface area contributed by atoms with Crippen molar-refractivity contribution >= 4 is 0 Å². The third kappa shape index (κ3) is 6.94. The number of pyridine rings is 3. The minimum atomic E-state index is -4.42. The molecule has 0 saturated heterocycles. The summed E-state index contributed by atoms with van der Waals surface area (Å²) in [7, 11) is 0. The van der Waals surface area contributed by atoms with Gasteiger partial charge in [-0.2, -0.15) is 13.2 Å². The van der Waals surface area contributed by atoms with Crippen LogP contribution >= 0.6 is 0 Å². The standard InChI is InChI=1S/C18H12F3N2.C11H8N.Ir/c1-12-9-17(13-5-4-6-14(10-13)18(19,20)21)23-11-15(12)16-7-2-3-8-22-16;1-2-6-10(7-3-1)11-8-4-5-9-12-11;/h2-9,11H,1H3;1-6,8-9H;/q2*-1;. The van der Waals surface area contributed by atoms with Gasteiger partial charge < -0.3 is 9.97 Å². The number of hydrogen-bond acceptors (Lipinski definition) is 3. The van der Waals surface area contributed by atoms with E-state index in [4.69, 9.17) is 0 Å². The van der Waals surface area contributed by atoms with Crippen molar-refractivity contribution < 1.29 is 33.3 Å². The average molecular weight is 660 g/mol. The number of benzene rings is 2. The zero-order valence-corrected chi connectivity index (χ0v) is 21.5. The molecular weight excluding hydrogens is 640 g/mol. The van der Waals surface area contributed by atoms with Crippen molar-refractivity contribution in [2.24, 2.45) is 0 Å². The summed E-state index contributed by atoms with van der Waals surface area (Å²) >= 11 is 0. The number of hydrogen-bond donors (Lipinski definition) is 0. The van der Waals surface area contributed by atoms with Gasteiger partial charge in [0, 0.05) is 44.3 Å². The van der Waals surface area contributed by atoms with Crippen LogP contribution in [0.15, 0.2) is 104 Å². The van der Waals surface area contributed by atoms with Gasteiger partial charge in [-0.3, -0.25) is 4.98 Å². The Labute approximate surface area is 221 Å². The summed E-state index contributed by atoms with van der Waals surface area (Å²) in [4.78, 5) is 12.8. The molecule has 3 aromatic heterocycles. The van der Waals surface area contributed by atoms with E-state index in [1.807, 2.05) is 67.6 Å². The van der Waals surface area contributed by atoms with Gasteiger partial charge >= 0.3 is 6.18 Å². The molecule has 36 heavy (non-hydrogen) atoms. The molecule has 0 aliphatic carbocycles. The van der Waals surface area contributed by atoms with Crippen LogP contribution in [0.3, 0.4) is 0 Å². The topological polar surface area (TPSA) is 38.7 Å². The molecule has 0 fully saturated rings. The summed E-state index contributed by atoms with van der Waals surface area (Å²) < 4.78 is 38.4. The maximum atomic E-state index is 12.8. The number of nitrogens with zero attached hydrogens (tertiary/aromatic N) is 3. The first-order valence-electron chi connectivity index (χ1n) is 10.8. The quantitative estimate of drug-likeness (QED) is 0.189. The smallest absolute Gasteiger partial charge is 0.305 e. The van der Waals surface area contributed by atoms with Crippen molar-refractivity contribution in [1.29, 1.82) is 0 Å². The Kier molecular flexibility index (Phi) is 9.23. The summed E-state index contributed by atoms with van der Waals surface area (Å²) in [6.07, 6.45) is 0.680. The van der Waals surface area contributed by atoms with Crippen LogP contribution in [-0.4, -0.2) is 15.0 Å². The van der Waals surface area contributed by atoms with E-state index in [0.29, 0.717) is 11.3 Å². The van der Waals surface area contributed by atoms with Gasteiger partial charge in [-0.05, 0) is 47.6 Å². The van der Waals surface area contributed by atoms with Gasteiger partial charge in [-0.25, -0.2) is 0 Å². The second-order valence-corrected chi connectivity index (χ2v) is 7.57. The van der Waals surface area contributed by atoms with Gasteiger partial charge in [0.05, 0.1) is 5.69 Å². The number of rotatable bonds is 3. The predicted octanol–water partition coefficient (Wildman–Crippen LogP) is 7.48. The Morgan fingerprint density at radius 1 is 0.694 bits per heavy atom. The molecule has 0 aliphatic heterocycles. The first kappa shape index (κ1) is 26.9. The minimum Gasteiger partial charge on any atom is -0.305 e. The second-order valence-electron chi connectivity index (χ2n) is 7.57. The Bertz CT molecular complexity index is 1340. The first-order valence-corrected chi connectivity index (χ1v) is 10.8. The molecule has 0 amide bonds.